The fraction of sp³-hybridized carbons (Fsp3) is 0.273. The second-order valence-corrected chi connectivity index (χ2v) is 5.00. The van der Waals surface area contributed by atoms with E-state index in [1.54, 1.807) is 32.0 Å². The van der Waals surface area contributed by atoms with Crippen molar-refractivity contribution in [1.82, 2.24) is 5.32 Å². The van der Waals surface area contributed by atoms with E-state index in [4.69, 9.17) is 0 Å². The SMILES string of the molecule is CC1(C)NC(=O)N(c2ccccc2Br)C1=O. The van der Waals surface area contributed by atoms with Crippen LogP contribution >= 0.6 is 15.9 Å². The molecule has 1 aliphatic rings. The van der Waals surface area contributed by atoms with Crippen molar-refractivity contribution in [3.63, 3.8) is 0 Å². The monoisotopic (exact) mass is 282 g/mol. The Morgan fingerprint density at radius 3 is 2.38 bits per heavy atom. The Morgan fingerprint density at radius 2 is 1.88 bits per heavy atom. The lowest BCUT2D eigenvalue weighted by molar-refractivity contribution is -0.121. The van der Waals surface area contributed by atoms with Crippen LogP contribution in [0.3, 0.4) is 0 Å². The Bertz CT molecular complexity index is 471. The fourth-order valence-electron chi connectivity index (χ4n) is 1.60. The predicted molar refractivity (Wildman–Crippen MR) is 64.2 cm³/mol. The van der Waals surface area contributed by atoms with Crippen LogP contribution in [-0.2, 0) is 4.79 Å². The van der Waals surface area contributed by atoms with Crippen molar-refractivity contribution in [3.8, 4) is 0 Å². The highest BCUT2D eigenvalue weighted by Crippen LogP contribution is 2.30. The van der Waals surface area contributed by atoms with Crippen LogP contribution in [0.5, 0.6) is 0 Å². The van der Waals surface area contributed by atoms with Crippen molar-refractivity contribution >= 4 is 33.6 Å². The second-order valence-electron chi connectivity index (χ2n) is 4.15. The number of amides is 3. The number of nitrogens with zero attached hydrogens (tertiary/aromatic N) is 1. The smallest absolute Gasteiger partial charge is 0.323 e. The number of imide groups is 1. The number of benzene rings is 1. The number of hydrogen-bond donors (Lipinski definition) is 1. The van der Waals surface area contributed by atoms with E-state index in [1.165, 1.54) is 0 Å². The molecule has 1 aromatic carbocycles. The summed E-state index contributed by atoms with van der Waals surface area (Å²) >= 11 is 3.32. The molecule has 3 amide bonds. The van der Waals surface area contributed by atoms with Gasteiger partial charge in [-0.15, -0.1) is 0 Å². The van der Waals surface area contributed by atoms with Gasteiger partial charge in [-0.05, 0) is 41.9 Å². The molecule has 0 saturated carbocycles. The lowest BCUT2D eigenvalue weighted by Gasteiger charge is -2.16. The molecule has 1 N–H and O–H groups in total. The standard InChI is InChI=1S/C11H11BrN2O2/c1-11(2)9(15)14(10(16)13-11)8-6-4-3-5-7(8)12/h3-6H,1-2H3,(H,13,16). The van der Waals surface area contributed by atoms with Gasteiger partial charge in [-0.3, -0.25) is 4.79 Å². The summed E-state index contributed by atoms with van der Waals surface area (Å²) in [6.45, 7) is 3.37. The summed E-state index contributed by atoms with van der Waals surface area (Å²) in [5.74, 6) is -0.246. The molecule has 1 fully saturated rings. The molecule has 5 heteroatoms. The summed E-state index contributed by atoms with van der Waals surface area (Å²) in [6, 6.07) is 6.75. The molecule has 0 bridgehead atoms. The van der Waals surface area contributed by atoms with E-state index in [0.717, 1.165) is 9.37 Å². The summed E-state index contributed by atoms with van der Waals surface area (Å²) < 4.78 is 0.719. The van der Waals surface area contributed by atoms with Gasteiger partial charge in [-0.1, -0.05) is 12.1 Å². The van der Waals surface area contributed by atoms with E-state index < -0.39 is 5.54 Å². The number of anilines is 1. The van der Waals surface area contributed by atoms with Gasteiger partial charge in [0.1, 0.15) is 5.54 Å². The number of carbonyl (C=O) groups excluding carboxylic acids is 2. The summed E-state index contributed by atoms with van der Waals surface area (Å²) in [7, 11) is 0. The zero-order chi connectivity index (χ0) is 11.9. The number of nitrogens with one attached hydrogen (secondary N) is 1. The largest absolute Gasteiger partial charge is 0.329 e. The molecule has 1 saturated heterocycles. The second kappa shape index (κ2) is 3.59. The molecule has 2 rings (SSSR count). The van der Waals surface area contributed by atoms with Gasteiger partial charge >= 0.3 is 6.03 Å². The predicted octanol–water partition coefficient (Wildman–Crippen LogP) is 2.28. The maximum absolute atomic E-state index is 12.0. The molecule has 0 atom stereocenters. The average Bonchev–Trinajstić information content (AvgIpc) is 2.39. The van der Waals surface area contributed by atoms with Crippen LogP contribution < -0.4 is 10.2 Å². The van der Waals surface area contributed by atoms with E-state index in [2.05, 4.69) is 21.2 Å². The van der Waals surface area contributed by atoms with E-state index in [-0.39, 0.29) is 11.9 Å². The quantitative estimate of drug-likeness (QED) is 0.804. The first kappa shape index (κ1) is 11.1. The zero-order valence-corrected chi connectivity index (χ0v) is 10.5. The van der Waals surface area contributed by atoms with Gasteiger partial charge in [0.15, 0.2) is 0 Å². The lowest BCUT2D eigenvalue weighted by atomic mass is 10.1. The number of halogens is 1. The number of hydrogen-bond acceptors (Lipinski definition) is 2. The molecule has 1 aliphatic heterocycles. The van der Waals surface area contributed by atoms with Crippen molar-refractivity contribution in [2.45, 2.75) is 19.4 Å². The first-order valence-electron chi connectivity index (χ1n) is 4.85. The van der Waals surface area contributed by atoms with Gasteiger partial charge in [-0.2, -0.15) is 0 Å². The van der Waals surface area contributed by atoms with Crippen LogP contribution in [-0.4, -0.2) is 17.5 Å². The van der Waals surface area contributed by atoms with Crippen LogP contribution in [0.15, 0.2) is 28.7 Å². The van der Waals surface area contributed by atoms with Crippen LogP contribution in [0.2, 0.25) is 0 Å². The molecule has 0 aromatic heterocycles. The van der Waals surface area contributed by atoms with E-state index >= 15 is 0 Å². The molecular formula is C11H11BrN2O2. The Kier molecular flexibility index (Phi) is 2.50. The maximum atomic E-state index is 12.0. The Balaban J connectivity index is 2.47. The molecule has 16 heavy (non-hydrogen) atoms. The minimum absolute atomic E-state index is 0.246. The number of carbonyl (C=O) groups is 2. The molecule has 0 radical (unpaired) electrons. The van der Waals surface area contributed by atoms with Gasteiger partial charge in [0.05, 0.1) is 5.69 Å². The summed E-state index contributed by atoms with van der Waals surface area (Å²) in [5, 5.41) is 2.64. The highest BCUT2D eigenvalue weighted by atomic mass is 79.9. The maximum Gasteiger partial charge on any atom is 0.329 e. The van der Waals surface area contributed by atoms with E-state index in [9.17, 15) is 9.59 Å². The Hall–Kier alpha value is -1.36. The summed E-state index contributed by atoms with van der Waals surface area (Å²) in [4.78, 5) is 24.9. The molecular weight excluding hydrogens is 272 g/mol. The highest BCUT2D eigenvalue weighted by Gasteiger charge is 2.45. The first-order chi connectivity index (χ1) is 7.43. The van der Waals surface area contributed by atoms with Gasteiger partial charge in [0.2, 0.25) is 0 Å². The molecule has 84 valence electrons. The third-order valence-electron chi connectivity index (χ3n) is 2.45. The highest BCUT2D eigenvalue weighted by molar-refractivity contribution is 9.10. The number of rotatable bonds is 1. The van der Waals surface area contributed by atoms with Crippen molar-refractivity contribution in [1.29, 1.82) is 0 Å². The van der Waals surface area contributed by atoms with Crippen molar-refractivity contribution < 1.29 is 9.59 Å². The van der Waals surface area contributed by atoms with Crippen LogP contribution in [0.25, 0.3) is 0 Å². The molecule has 1 heterocycles. The van der Waals surface area contributed by atoms with Crippen LogP contribution in [0.4, 0.5) is 10.5 Å². The summed E-state index contributed by atoms with van der Waals surface area (Å²) in [6.07, 6.45) is 0. The number of urea groups is 1. The van der Waals surface area contributed by atoms with Gasteiger partial charge in [0, 0.05) is 4.47 Å². The van der Waals surface area contributed by atoms with E-state index in [0.29, 0.717) is 5.69 Å². The topological polar surface area (TPSA) is 49.4 Å². The normalized spacial score (nSPS) is 18.8. The molecule has 0 spiro atoms. The van der Waals surface area contributed by atoms with Gasteiger partial charge < -0.3 is 5.32 Å². The third kappa shape index (κ3) is 1.61. The fourth-order valence-corrected chi connectivity index (χ4v) is 2.06. The lowest BCUT2D eigenvalue weighted by Crippen LogP contribution is -2.40. The van der Waals surface area contributed by atoms with Gasteiger partial charge in [0.25, 0.3) is 5.91 Å². The van der Waals surface area contributed by atoms with Gasteiger partial charge in [-0.25, -0.2) is 9.69 Å². The zero-order valence-electron chi connectivity index (χ0n) is 8.95. The first-order valence-corrected chi connectivity index (χ1v) is 5.64. The van der Waals surface area contributed by atoms with Crippen LogP contribution in [0, 0.1) is 0 Å². The molecule has 0 aliphatic carbocycles. The minimum Gasteiger partial charge on any atom is -0.323 e. The minimum atomic E-state index is -0.841. The average molecular weight is 283 g/mol. The summed E-state index contributed by atoms with van der Waals surface area (Å²) in [5.41, 5.74) is -0.276. The Labute approximate surface area is 102 Å². The molecule has 0 unspecified atom stereocenters. The van der Waals surface area contributed by atoms with Crippen LogP contribution in [0.1, 0.15) is 13.8 Å². The molecule has 4 nitrogen and oxygen atoms in total. The third-order valence-corrected chi connectivity index (χ3v) is 3.12. The Morgan fingerprint density at radius 1 is 1.25 bits per heavy atom. The van der Waals surface area contributed by atoms with E-state index in [1.807, 2.05) is 6.07 Å². The number of para-hydroxylation sites is 1. The van der Waals surface area contributed by atoms with Crippen molar-refractivity contribution in [3.05, 3.63) is 28.7 Å². The molecule has 1 aromatic rings. The van der Waals surface area contributed by atoms with Crippen molar-refractivity contribution in [2.24, 2.45) is 0 Å². The van der Waals surface area contributed by atoms with Crippen molar-refractivity contribution in [2.75, 3.05) is 4.90 Å².